The normalized spacial score (nSPS) is 10.3. The molecule has 3 N–H and O–H groups in total. The van der Waals surface area contributed by atoms with Crippen molar-refractivity contribution < 1.29 is 9.53 Å². The second kappa shape index (κ2) is 6.10. The van der Waals surface area contributed by atoms with Crippen LogP contribution in [0.3, 0.4) is 0 Å². The molecule has 0 bridgehead atoms. The summed E-state index contributed by atoms with van der Waals surface area (Å²) in [5.41, 5.74) is 7.74. The number of benzene rings is 1. The molecule has 7 heteroatoms. The second-order valence-corrected chi connectivity index (χ2v) is 3.45. The summed E-state index contributed by atoms with van der Waals surface area (Å²) in [6.07, 6.45) is 6.06. The fraction of sp³-hybridized carbons (Fsp3) is 0. The highest BCUT2D eigenvalue weighted by molar-refractivity contribution is 5.81. The van der Waals surface area contributed by atoms with Gasteiger partial charge in [0.2, 0.25) is 5.88 Å². The molecule has 1 aromatic heterocycles. The number of nitrogens with one attached hydrogen (secondary N) is 1. The number of carbonyl (C=O) groups is 1. The maximum Gasteiger partial charge on any atom is 0.332 e. The van der Waals surface area contributed by atoms with Crippen LogP contribution >= 0.6 is 0 Å². The van der Waals surface area contributed by atoms with Gasteiger partial charge in [0, 0.05) is 12.4 Å². The molecule has 1 heterocycles. The van der Waals surface area contributed by atoms with E-state index in [-0.39, 0.29) is 0 Å². The van der Waals surface area contributed by atoms with Gasteiger partial charge < -0.3 is 10.5 Å². The number of primary amides is 1. The third-order valence-corrected chi connectivity index (χ3v) is 2.01. The van der Waals surface area contributed by atoms with Crippen molar-refractivity contribution in [3.63, 3.8) is 0 Å². The van der Waals surface area contributed by atoms with Crippen molar-refractivity contribution in [1.29, 1.82) is 0 Å². The Bertz CT molecular complexity index is 586. The monoisotopic (exact) mass is 257 g/mol. The maximum absolute atomic E-state index is 10.5. The van der Waals surface area contributed by atoms with Gasteiger partial charge in [-0.3, -0.25) is 4.98 Å². The third-order valence-electron chi connectivity index (χ3n) is 2.01. The van der Waals surface area contributed by atoms with Crippen molar-refractivity contribution in [2.24, 2.45) is 10.8 Å². The van der Waals surface area contributed by atoms with Crippen LogP contribution < -0.4 is 15.9 Å². The first-order valence-corrected chi connectivity index (χ1v) is 5.36. The van der Waals surface area contributed by atoms with Crippen LogP contribution in [0.25, 0.3) is 0 Å². The summed E-state index contributed by atoms with van der Waals surface area (Å²) in [6, 6.07) is 6.38. The predicted molar refractivity (Wildman–Crippen MR) is 68.9 cm³/mol. The average Bonchev–Trinajstić information content (AvgIpc) is 2.40. The minimum absolute atomic E-state index is 0.395. The van der Waals surface area contributed by atoms with E-state index >= 15 is 0 Å². The Morgan fingerprint density at radius 2 is 2.32 bits per heavy atom. The number of nitrogens with two attached hydrogens (primary N) is 1. The van der Waals surface area contributed by atoms with Crippen LogP contribution in [-0.4, -0.2) is 22.2 Å². The van der Waals surface area contributed by atoms with Gasteiger partial charge in [0.25, 0.3) is 0 Å². The molecule has 7 nitrogen and oxygen atoms in total. The van der Waals surface area contributed by atoms with Crippen molar-refractivity contribution in [2.75, 3.05) is 0 Å². The Morgan fingerprint density at radius 1 is 1.42 bits per heavy atom. The van der Waals surface area contributed by atoms with Gasteiger partial charge in [-0.05, 0) is 17.7 Å². The summed E-state index contributed by atoms with van der Waals surface area (Å²) < 4.78 is 5.50. The molecule has 0 unspecified atom stereocenters. The highest BCUT2D eigenvalue weighted by Gasteiger charge is 1.98. The third kappa shape index (κ3) is 4.08. The zero-order valence-electron chi connectivity index (χ0n) is 9.85. The lowest BCUT2D eigenvalue weighted by atomic mass is 10.2. The summed E-state index contributed by atoms with van der Waals surface area (Å²) in [7, 11) is 0. The van der Waals surface area contributed by atoms with Gasteiger partial charge >= 0.3 is 6.03 Å². The Morgan fingerprint density at radius 3 is 3.05 bits per heavy atom. The minimum Gasteiger partial charge on any atom is -0.437 e. The maximum atomic E-state index is 10.5. The van der Waals surface area contributed by atoms with E-state index in [1.54, 1.807) is 30.5 Å². The first-order chi connectivity index (χ1) is 9.24. The van der Waals surface area contributed by atoms with Crippen molar-refractivity contribution in [2.45, 2.75) is 0 Å². The van der Waals surface area contributed by atoms with Gasteiger partial charge in [-0.1, -0.05) is 12.1 Å². The number of amides is 2. The molecule has 0 aliphatic rings. The van der Waals surface area contributed by atoms with Crippen molar-refractivity contribution in [1.82, 2.24) is 15.4 Å². The largest absolute Gasteiger partial charge is 0.437 e. The number of hydrogen-bond donors (Lipinski definition) is 2. The lowest BCUT2D eigenvalue weighted by molar-refractivity contribution is 0.249. The van der Waals surface area contributed by atoms with Gasteiger partial charge in [0.1, 0.15) is 5.75 Å². The van der Waals surface area contributed by atoms with Crippen LogP contribution in [0, 0.1) is 0 Å². The standard InChI is InChI=1S/C12H11N5O2/c13-12(18)17-16-7-9-2-1-3-10(6-9)19-11-8-14-4-5-15-11/h1-8H,(H3,13,17,18). The summed E-state index contributed by atoms with van der Waals surface area (Å²) in [5.74, 6) is 0.982. The first kappa shape index (κ1) is 12.5. The summed E-state index contributed by atoms with van der Waals surface area (Å²) >= 11 is 0. The Labute approximate surface area is 109 Å². The number of hydrogen-bond acceptors (Lipinski definition) is 5. The SMILES string of the molecule is NC(=O)NN=Cc1cccc(Oc2cnccn2)c1. The molecule has 0 radical (unpaired) electrons. The van der Waals surface area contributed by atoms with E-state index < -0.39 is 6.03 Å². The van der Waals surface area contributed by atoms with Gasteiger partial charge in [-0.15, -0.1) is 0 Å². The minimum atomic E-state index is -0.719. The average molecular weight is 257 g/mol. The highest BCUT2D eigenvalue weighted by atomic mass is 16.5. The molecule has 2 rings (SSSR count). The number of nitrogens with zero attached hydrogens (tertiary/aromatic N) is 3. The molecule has 96 valence electrons. The summed E-state index contributed by atoms with van der Waals surface area (Å²) in [5, 5.41) is 3.66. The van der Waals surface area contributed by atoms with Crippen LogP contribution in [0.1, 0.15) is 5.56 Å². The van der Waals surface area contributed by atoms with Crippen LogP contribution in [-0.2, 0) is 0 Å². The van der Waals surface area contributed by atoms with E-state index in [0.717, 1.165) is 5.56 Å². The quantitative estimate of drug-likeness (QED) is 0.635. The molecular formula is C12H11N5O2. The van der Waals surface area contributed by atoms with E-state index in [4.69, 9.17) is 10.5 Å². The van der Waals surface area contributed by atoms with E-state index in [1.807, 2.05) is 0 Å². The molecule has 0 aliphatic heterocycles. The zero-order valence-corrected chi connectivity index (χ0v) is 9.85. The van der Waals surface area contributed by atoms with Crippen LogP contribution in [0.15, 0.2) is 48.0 Å². The van der Waals surface area contributed by atoms with Crippen LogP contribution in [0.4, 0.5) is 4.79 Å². The Kier molecular flexibility index (Phi) is 4.01. The smallest absolute Gasteiger partial charge is 0.332 e. The fourth-order valence-electron chi connectivity index (χ4n) is 1.29. The molecule has 0 aliphatic carbocycles. The molecule has 0 saturated carbocycles. The van der Waals surface area contributed by atoms with Crippen molar-refractivity contribution in [3.8, 4) is 11.6 Å². The molecule has 0 atom stereocenters. The number of rotatable bonds is 4. The number of urea groups is 1. The number of hydrazone groups is 1. The van der Waals surface area contributed by atoms with Gasteiger partial charge in [-0.25, -0.2) is 15.2 Å². The van der Waals surface area contributed by atoms with E-state index in [1.165, 1.54) is 18.6 Å². The van der Waals surface area contributed by atoms with E-state index in [0.29, 0.717) is 11.6 Å². The topological polar surface area (TPSA) is 102 Å². The van der Waals surface area contributed by atoms with Gasteiger partial charge in [-0.2, -0.15) is 5.10 Å². The van der Waals surface area contributed by atoms with Gasteiger partial charge in [0.15, 0.2) is 0 Å². The van der Waals surface area contributed by atoms with Crippen molar-refractivity contribution in [3.05, 3.63) is 48.4 Å². The molecule has 1 aromatic carbocycles. The molecular weight excluding hydrogens is 246 g/mol. The van der Waals surface area contributed by atoms with E-state index in [2.05, 4.69) is 20.5 Å². The molecule has 0 saturated heterocycles. The fourth-order valence-corrected chi connectivity index (χ4v) is 1.29. The summed E-state index contributed by atoms with van der Waals surface area (Å²) in [4.78, 5) is 18.3. The Balaban J connectivity index is 2.07. The molecule has 0 spiro atoms. The molecule has 2 aromatic rings. The highest BCUT2D eigenvalue weighted by Crippen LogP contribution is 2.18. The summed E-state index contributed by atoms with van der Waals surface area (Å²) in [6.45, 7) is 0. The molecule has 0 fully saturated rings. The second-order valence-electron chi connectivity index (χ2n) is 3.45. The van der Waals surface area contributed by atoms with Crippen LogP contribution in [0.5, 0.6) is 11.6 Å². The predicted octanol–water partition coefficient (Wildman–Crippen LogP) is 1.27. The first-order valence-electron chi connectivity index (χ1n) is 5.36. The molecule has 2 amide bonds. The lowest BCUT2D eigenvalue weighted by Gasteiger charge is -2.04. The van der Waals surface area contributed by atoms with Gasteiger partial charge in [0.05, 0.1) is 12.4 Å². The number of ether oxygens (including phenoxy) is 1. The van der Waals surface area contributed by atoms with E-state index in [9.17, 15) is 4.79 Å². The lowest BCUT2D eigenvalue weighted by Crippen LogP contribution is -2.24. The Hall–Kier alpha value is -2.96. The number of carbonyl (C=O) groups excluding carboxylic acids is 1. The molecule has 19 heavy (non-hydrogen) atoms. The van der Waals surface area contributed by atoms with Crippen molar-refractivity contribution >= 4 is 12.2 Å². The zero-order chi connectivity index (χ0) is 13.5. The van der Waals surface area contributed by atoms with Crippen LogP contribution in [0.2, 0.25) is 0 Å². The number of aromatic nitrogens is 2.